The number of rotatable bonds is 6. The van der Waals surface area contributed by atoms with Crippen LogP contribution in [0.5, 0.6) is 5.75 Å². The Labute approximate surface area is 157 Å². The molecule has 0 unspecified atom stereocenters. The number of nitrogen functional groups attached to an aromatic ring is 1. The van der Waals surface area contributed by atoms with Gasteiger partial charge >= 0.3 is 0 Å². The molecule has 0 aliphatic carbocycles. The molecular weight excluding hydrogens is 342 g/mol. The third kappa shape index (κ3) is 4.31. The smallest absolute Gasteiger partial charge is 0.292 e. The molecule has 8 nitrogen and oxygen atoms in total. The second kappa shape index (κ2) is 8.84. The molecule has 2 aromatic rings. The molecule has 134 valence electrons. The van der Waals surface area contributed by atoms with Crippen LogP contribution in [-0.2, 0) is 0 Å². The Hall–Kier alpha value is -4.09. The fourth-order valence-electron chi connectivity index (χ4n) is 2.56. The first-order valence-corrected chi connectivity index (χ1v) is 8.18. The van der Waals surface area contributed by atoms with Crippen LogP contribution in [0.4, 0.5) is 22.7 Å². The van der Waals surface area contributed by atoms with Crippen molar-refractivity contribution < 1.29 is 4.74 Å². The number of nitrogens with zero attached hydrogens (tertiary/aromatic N) is 6. The van der Waals surface area contributed by atoms with E-state index in [2.05, 4.69) is 10.2 Å². The molecule has 0 aromatic heterocycles. The van der Waals surface area contributed by atoms with Crippen LogP contribution in [0.2, 0.25) is 0 Å². The number of nitriles is 3. The SMILES string of the molecule is CCN(CC)c1ccc(N=Nc2c(C#N)cc(N)cc2C#N)cc1OC#N. The van der Waals surface area contributed by atoms with Gasteiger partial charge in [0.1, 0.15) is 17.8 Å². The fourth-order valence-corrected chi connectivity index (χ4v) is 2.56. The minimum atomic E-state index is 0.143. The van der Waals surface area contributed by atoms with Crippen LogP contribution < -0.4 is 15.4 Å². The van der Waals surface area contributed by atoms with Crippen molar-refractivity contribution in [2.45, 2.75) is 13.8 Å². The van der Waals surface area contributed by atoms with Crippen molar-refractivity contribution in [3.63, 3.8) is 0 Å². The number of azo groups is 1. The van der Waals surface area contributed by atoms with Gasteiger partial charge in [0.25, 0.3) is 6.26 Å². The molecular formula is C19H17N7O. The van der Waals surface area contributed by atoms with Gasteiger partial charge in [-0.2, -0.15) is 15.6 Å². The van der Waals surface area contributed by atoms with Gasteiger partial charge in [0, 0.05) is 24.8 Å². The van der Waals surface area contributed by atoms with E-state index in [9.17, 15) is 10.5 Å². The number of hydrogen-bond acceptors (Lipinski definition) is 8. The average Bonchev–Trinajstić information content (AvgIpc) is 2.68. The summed E-state index contributed by atoms with van der Waals surface area (Å²) in [6.45, 7) is 5.51. The van der Waals surface area contributed by atoms with Crippen LogP contribution in [-0.4, -0.2) is 13.1 Å². The van der Waals surface area contributed by atoms with Crippen molar-refractivity contribution >= 4 is 22.7 Å². The molecule has 0 amide bonds. The summed E-state index contributed by atoms with van der Waals surface area (Å²) in [7, 11) is 0. The Morgan fingerprint density at radius 3 is 2.15 bits per heavy atom. The predicted octanol–water partition coefficient (Wildman–Crippen LogP) is 4.13. The molecule has 0 saturated heterocycles. The molecule has 0 aliphatic heterocycles. The van der Waals surface area contributed by atoms with E-state index in [0.717, 1.165) is 18.8 Å². The lowest BCUT2D eigenvalue weighted by molar-refractivity contribution is 0.506. The maximum Gasteiger partial charge on any atom is 0.292 e. The van der Waals surface area contributed by atoms with Crippen LogP contribution in [0, 0.1) is 34.2 Å². The largest absolute Gasteiger partial charge is 0.399 e. The van der Waals surface area contributed by atoms with Crippen molar-refractivity contribution in [3.8, 4) is 24.1 Å². The molecule has 0 atom stereocenters. The molecule has 0 bridgehead atoms. The van der Waals surface area contributed by atoms with Crippen molar-refractivity contribution in [1.82, 2.24) is 0 Å². The van der Waals surface area contributed by atoms with E-state index in [1.807, 2.05) is 30.9 Å². The van der Waals surface area contributed by atoms with E-state index >= 15 is 0 Å². The first-order chi connectivity index (χ1) is 13.1. The van der Waals surface area contributed by atoms with Gasteiger partial charge in [-0.3, -0.25) is 0 Å². The molecule has 0 aliphatic rings. The standard InChI is InChI=1S/C19H17N7O/c1-3-26(4-2)17-6-5-16(9-18(17)27-12-22)24-25-19-13(10-20)7-15(23)8-14(19)11-21/h5-9H,3-4,23H2,1-2H3. The molecule has 0 heterocycles. The predicted molar refractivity (Wildman–Crippen MR) is 101 cm³/mol. The van der Waals surface area contributed by atoms with Gasteiger partial charge in [-0.25, -0.2) is 0 Å². The molecule has 0 fully saturated rings. The lowest BCUT2D eigenvalue weighted by atomic mass is 10.1. The Morgan fingerprint density at radius 2 is 1.63 bits per heavy atom. The highest BCUT2D eigenvalue weighted by molar-refractivity contribution is 5.69. The summed E-state index contributed by atoms with van der Waals surface area (Å²) in [5.41, 5.74) is 7.63. The van der Waals surface area contributed by atoms with Crippen molar-refractivity contribution in [1.29, 1.82) is 15.8 Å². The summed E-state index contributed by atoms with van der Waals surface area (Å²) in [5.74, 6) is 0.357. The van der Waals surface area contributed by atoms with Crippen LogP contribution >= 0.6 is 0 Å². The summed E-state index contributed by atoms with van der Waals surface area (Å²) in [5, 5.41) is 35.5. The third-order valence-electron chi connectivity index (χ3n) is 3.84. The molecule has 0 radical (unpaired) electrons. The Bertz CT molecular complexity index is 954. The van der Waals surface area contributed by atoms with Crippen LogP contribution in [0.15, 0.2) is 40.6 Å². The molecule has 0 spiro atoms. The minimum Gasteiger partial charge on any atom is -0.399 e. The maximum atomic E-state index is 9.25. The summed E-state index contributed by atoms with van der Waals surface area (Å²) in [4.78, 5) is 2.04. The van der Waals surface area contributed by atoms with Gasteiger partial charge < -0.3 is 15.4 Å². The lowest BCUT2D eigenvalue weighted by Gasteiger charge is -2.22. The van der Waals surface area contributed by atoms with Crippen molar-refractivity contribution in [3.05, 3.63) is 41.5 Å². The highest BCUT2D eigenvalue weighted by Gasteiger charge is 2.12. The van der Waals surface area contributed by atoms with E-state index in [4.69, 9.17) is 15.7 Å². The van der Waals surface area contributed by atoms with E-state index in [1.54, 1.807) is 24.5 Å². The average molecular weight is 359 g/mol. The molecule has 2 rings (SSSR count). The molecule has 0 saturated carbocycles. The summed E-state index contributed by atoms with van der Waals surface area (Å²) < 4.78 is 5.06. The van der Waals surface area contributed by atoms with Gasteiger partial charge in [0.05, 0.1) is 22.5 Å². The van der Waals surface area contributed by atoms with Crippen molar-refractivity contribution in [2.75, 3.05) is 23.7 Å². The fraction of sp³-hybridized carbons (Fsp3) is 0.211. The topological polar surface area (TPSA) is 135 Å². The van der Waals surface area contributed by atoms with E-state index in [0.29, 0.717) is 17.1 Å². The summed E-state index contributed by atoms with van der Waals surface area (Å²) in [6, 6.07) is 11.9. The Kier molecular flexibility index (Phi) is 6.30. The zero-order valence-corrected chi connectivity index (χ0v) is 15.0. The van der Waals surface area contributed by atoms with E-state index in [1.165, 1.54) is 12.1 Å². The van der Waals surface area contributed by atoms with Crippen LogP contribution in [0.1, 0.15) is 25.0 Å². The maximum absolute atomic E-state index is 9.25. The summed E-state index contributed by atoms with van der Waals surface area (Å²) >= 11 is 0. The zero-order chi connectivity index (χ0) is 19.8. The summed E-state index contributed by atoms with van der Waals surface area (Å²) in [6.07, 6.45) is 1.67. The number of ether oxygens (including phenoxy) is 1. The van der Waals surface area contributed by atoms with E-state index < -0.39 is 0 Å². The second-order valence-corrected chi connectivity index (χ2v) is 5.41. The van der Waals surface area contributed by atoms with Crippen LogP contribution in [0.3, 0.4) is 0 Å². The number of hydrogen-bond donors (Lipinski definition) is 1. The van der Waals surface area contributed by atoms with Gasteiger partial charge in [-0.1, -0.05) is 0 Å². The van der Waals surface area contributed by atoms with E-state index in [-0.39, 0.29) is 16.8 Å². The molecule has 8 heteroatoms. The zero-order valence-electron chi connectivity index (χ0n) is 15.0. The first kappa shape index (κ1) is 19.2. The normalized spacial score (nSPS) is 10.0. The quantitative estimate of drug-likeness (QED) is 0.468. The number of benzene rings is 2. The highest BCUT2D eigenvalue weighted by Crippen LogP contribution is 2.34. The van der Waals surface area contributed by atoms with Gasteiger partial charge in [0.15, 0.2) is 5.75 Å². The third-order valence-corrected chi connectivity index (χ3v) is 3.84. The molecule has 27 heavy (non-hydrogen) atoms. The van der Waals surface area contributed by atoms with Gasteiger partial charge in [-0.15, -0.1) is 10.4 Å². The van der Waals surface area contributed by atoms with Crippen LogP contribution in [0.25, 0.3) is 0 Å². The molecule has 2 aromatic carbocycles. The van der Waals surface area contributed by atoms with Gasteiger partial charge in [0.2, 0.25) is 0 Å². The number of anilines is 2. The number of nitrogens with two attached hydrogens (primary N) is 1. The van der Waals surface area contributed by atoms with Crippen molar-refractivity contribution in [2.24, 2.45) is 10.2 Å². The minimum absolute atomic E-state index is 0.143. The Morgan fingerprint density at radius 1 is 1.00 bits per heavy atom. The Balaban J connectivity index is 2.47. The van der Waals surface area contributed by atoms with Gasteiger partial charge in [-0.05, 0) is 38.1 Å². The molecule has 2 N–H and O–H groups in total. The lowest BCUT2D eigenvalue weighted by Crippen LogP contribution is -2.22. The first-order valence-electron chi connectivity index (χ1n) is 8.18. The monoisotopic (exact) mass is 359 g/mol. The second-order valence-electron chi connectivity index (χ2n) is 5.41. The highest BCUT2D eigenvalue weighted by atomic mass is 16.5.